The van der Waals surface area contributed by atoms with Crippen molar-refractivity contribution >= 4 is 39.1 Å². The Morgan fingerprint density at radius 3 is 1.96 bits per heavy atom. The highest BCUT2D eigenvalue weighted by atomic mass is 35.5. The summed E-state index contributed by atoms with van der Waals surface area (Å²) in [7, 11) is -4.23. The minimum Gasteiger partial charge on any atom is -0.354 e. The van der Waals surface area contributed by atoms with E-state index in [9.17, 15) is 18.0 Å². The predicted molar refractivity (Wildman–Crippen MR) is 181 cm³/mol. The van der Waals surface area contributed by atoms with Gasteiger partial charge in [-0.25, -0.2) is 8.42 Å². The Morgan fingerprint density at radius 2 is 1.36 bits per heavy atom. The van der Waals surface area contributed by atoms with Crippen LogP contribution in [-0.4, -0.2) is 44.3 Å². The fourth-order valence-electron chi connectivity index (χ4n) is 4.87. The number of hydrogen-bond acceptors (Lipinski definition) is 4. The van der Waals surface area contributed by atoms with Gasteiger partial charge < -0.3 is 10.2 Å². The van der Waals surface area contributed by atoms with E-state index in [4.69, 9.17) is 11.6 Å². The number of hydrogen-bond donors (Lipinski definition) is 1. The zero-order chi connectivity index (χ0) is 32.6. The summed E-state index contributed by atoms with van der Waals surface area (Å²) in [6.07, 6.45) is 0.249. The number of rotatable bonds is 13. The molecule has 0 aromatic heterocycles. The van der Waals surface area contributed by atoms with E-state index in [1.165, 1.54) is 17.0 Å². The average Bonchev–Trinajstić information content (AvgIpc) is 3.02. The fourth-order valence-corrected chi connectivity index (χ4v) is 6.59. The lowest BCUT2D eigenvalue weighted by Crippen LogP contribution is -2.53. The van der Waals surface area contributed by atoms with Gasteiger partial charge >= 0.3 is 0 Å². The van der Waals surface area contributed by atoms with Crippen molar-refractivity contribution in [2.24, 2.45) is 5.92 Å². The molecule has 7 nitrogen and oxygen atoms in total. The first-order chi connectivity index (χ1) is 21.5. The van der Waals surface area contributed by atoms with Gasteiger partial charge in [-0.2, -0.15) is 0 Å². The summed E-state index contributed by atoms with van der Waals surface area (Å²) in [5.74, 6) is -0.645. The normalized spacial score (nSPS) is 12.0. The molecule has 236 valence electrons. The van der Waals surface area contributed by atoms with E-state index in [-0.39, 0.29) is 40.4 Å². The van der Waals surface area contributed by atoms with Gasteiger partial charge in [-0.15, -0.1) is 0 Å². The number of nitrogens with one attached hydrogen (secondary N) is 1. The van der Waals surface area contributed by atoms with Gasteiger partial charge in [-0.05, 0) is 55.2 Å². The molecule has 0 heterocycles. The van der Waals surface area contributed by atoms with Gasteiger partial charge in [0.2, 0.25) is 11.8 Å². The van der Waals surface area contributed by atoms with Gasteiger partial charge in [0.1, 0.15) is 12.6 Å². The Bertz CT molecular complexity index is 1690. The molecule has 0 bridgehead atoms. The van der Waals surface area contributed by atoms with Gasteiger partial charge in [-0.3, -0.25) is 13.9 Å². The molecule has 0 aliphatic rings. The molecular weight excluding hydrogens is 606 g/mol. The Kier molecular flexibility index (Phi) is 11.4. The lowest BCUT2D eigenvalue weighted by Gasteiger charge is -2.34. The van der Waals surface area contributed by atoms with Gasteiger partial charge in [0.25, 0.3) is 10.0 Å². The van der Waals surface area contributed by atoms with Crippen LogP contribution in [0, 0.1) is 19.8 Å². The summed E-state index contributed by atoms with van der Waals surface area (Å²) < 4.78 is 29.3. The number of para-hydroxylation sites is 1. The SMILES string of the molecule is Cc1ccc(CN(C(=O)CN(c2ccccc2Cl)S(=O)(=O)c2ccc(C)cc2)[C@H](Cc2ccccc2)C(=O)NCC(C)C)cc1. The number of halogens is 1. The summed E-state index contributed by atoms with van der Waals surface area (Å²) in [6, 6.07) is 29.3. The van der Waals surface area contributed by atoms with Crippen molar-refractivity contribution < 1.29 is 18.0 Å². The topological polar surface area (TPSA) is 86.8 Å². The van der Waals surface area contributed by atoms with Crippen molar-refractivity contribution in [2.75, 3.05) is 17.4 Å². The fraction of sp³-hybridized carbons (Fsp3) is 0.278. The third-order valence-electron chi connectivity index (χ3n) is 7.44. The van der Waals surface area contributed by atoms with Gasteiger partial charge in [-0.1, -0.05) is 115 Å². The first-order valence-electron chi connectivity index (χ1n) is 15.0. The maximum atomic E-state index is 14.5. The molecule has 1 N–H and O–H groups in total. The molecule has 0 aliphatic heterocycles. The van der Waals surface area contributed by atoms with E-state index in [0.29, 0.717) is 6.54 Å². The number of anilines is 1. The summed E-state index contributed by atoms with van der Waals surface area (Å²) in [5, 5.41) is 3.18. The minimum absolute atomic E-state index is 0.0291. The Hall–Kier alpha value is -4.14. The molecule has 9 heteroatoms. The highest BCUT2D eigenvalue weighted by Gasteiger charge is 2.35. The average molecular weight is 646 g/mol. The number of sulfonamides is 1. The van der Waals surface area contributed by atoms with Crippen molar-refractivity contribution in [1.82, 2.24) is 10.2 Å². The number of amides is 2. The second-order valence-corrected chi connectivity index (χ2v) is 13.9. The second-order valence-electron chi connectivity index (χ2n) is 11.6. The van der Waals surface area contributed by atoms with E-state index < -0.39 is 28.5 Å². The van der Waals surface area contributed by atoms with Crippen LogP contribution in [0.25, 0.3) is 0 Å². The molecule has 0 saturated heterocycles. The molecule has 0 saturated carbocycles. The van der Waals surface area contributed by atoms with E-state index >= 15 is 0 Å². The molecule has 0 unspecified atom stereocenters. The van der Waals surface area contributed by atoms with Crippen LogP contribution in [0.15, 0.2) is 108 Å². The van der Waals surface area contributed by atoms with Crippen LogP contribution in [0.4, 0.5) is 5.69 Å². The molecule has 4 aromatic rings. The third-order valence-corrected chi connectivity index (χ3v) is 9.53. The summed E-state index contributed by atoms with van der Waals surface area (Å²) in [6.45, 7) is 7.82. The molecule has 4 rings (SSSR count). The van der Waals surface area contributed by atoms with Gasteiger partial charge in [0.15, 0.2) is 0 Å². The van der Waals surface area contributed by atoms with Crippen LogP contribution in [0.5, 0.6) is 0 Å². The van der Waals surface area contributed by atoms with Crippen LogP contribution in [0.2, 0.25) is 5.02 Å². The van der Waals surface area contributed by atoms with Crippen molar-refractivity contribution in [2.45, 2.75) is 51.6 Å². The van der Waals surface area contributed by atoms with E-state index in [2.05, 4.69) is 5.32 Å². The van der Waals surface area contributed by atoms with E-state index in [0.717, 1.165) is 26.6 Å². The number of nitrogens with zero attached hydrogens (tertiary/aromatic N) is 2. The van der Waals surface area contributed by atoms with Crippen LogP contribution in [-0.2, 0) is 32.6 Å². The lowest BCUT2D eigenvalue weighted by molar-refractivity contribution is -0.140. The van der Waals surface area contributed by atoms with Crippen LogP contribution in [0.3, 0.4) is 0 Å². The quantitative estimate of drug-likeness (QED) is 0.178. The van der Waals surface area contributed by atoms with Gasteiger partial charge in [0, 0.05) is 19.5 Å². The van der Waals surface area contributed by atoms with Crippen molar-refractivity contribution in [3.63, 3.8) is 0 Å². The van der Waals surface area contributed by atoms with Crippen LogP contribution < -0.4 is 9.62 Å². The molecule has 2 amide bonds. The van der Waals surface area contributed by atoms with Crippen molar-refractivity contribution in [3.8, 4) is 0 Å². The largest absolute Gasteiger partial charge is 0.354 e. The molecule has 0 spiro atoms. The Morgan fingerprint density at radius 1 is 0.778 bits per heavy atom. The van der Waals surface area contributed by atoms with Crippen molar-refractivity contribution in [3.05, 3.63) is 130 Å². The predicted octanol–water partition coefficient (Wildman–Crippen LogP) is 6.56. The minimum atomic E-state index is -4.23. The number of aryl methyl sites for hydroxylation is 2. The number of benzene rings is 4. The number of carbonyl (C=O) groups excluding carboxylic acids is 2. The standard InChI is InChI=1S/C36H40ClN3O4S/c1-26(2)23-38-36(42)34(22-29-10-6-5-7-11-29)39(24-30-18-14-27(3)15-19-30)35(41)25-40(33-13-9-8-12-32(33)37)45(43,44)31-20-16-28(4)17-21-31/h5-21,26,34H,22-25H2,1-4H3,(H,38,42)/t34-/m1/s1. The lowest BCUT2D eigenvalue weighted by atomic mass is 10.0. The Labute approximate surface area is 271 Å². The molecular formula is C36H40ClN3O4S. The Balaban J connectivity index is 1.80. The second kappa shape index (κ2) is 15.2. The highest BCUT2D eigenvalue weighted by Crippen LogP contribution is 2.31. The van der Waals surface area contributed by atoms with E-state index in [1.54, 1.807) is 36.4 Å². The molecule has 45 heavy (non-hydrogen) atoms. The maximum absolute atomic E-state index is 14.5. The highest BCUT2D eigenvalue weighted by molar-refractivity contribution is 7.92. The smallest absolute Gasteiger partial charge is 0.264 e. The molecule has 1 atom stereocenters. The summed E-state index contributed by atoms with van der Waals surface area (Å²) in [5.41, 5.74) is 3.82. The number of carbonyl (C=O) groups is 2. The maximum Gasteiger partial charge on any atom is 0.264 e. The zero-order valence-electron chi connectivity index (χ0n) is 26.1. The zero-order valence-corrected chi connectivity index (χ0v) is 27.7. The third kappa shape index (κ3) is 8.96. The van der Waals surface area contributed by atoms with Crippen LogP contribution >= 0.6 is 11.6 Å². The van der Waals surface area contributed by atoms with Crippen LogP contribution in [0.1, 0.15) is 36.1 Å². The van der Waals surface area contributed by atoms with Crippen molar-refractivity contribution in [1.29, 1.82) is 0 Å². The molecule has 4 aromatic carbocycles. The molecule has 0 aliphatic carbocycles. The summed E-state index contributed by atoms with van der Waals surface area (Å²) in [4.78, 5) is 29.9. The first-order valence-corrected chi connectivity index (χ1v) is 16.8. The molecule has 0 fully saturated rings. The first kappa shape index (κ1) is 33.7. The monoisotopic (exact) mass is 645 g/mol. The summed E-state index contributed by atoms with van der Waals surface area (Å²) >= 11 is 6.54. The molecule has 0 radical (unpaired) electrons. The van der Waals surface area contributed by atoms with E-state index in [1.807, 2.05) is 82.3 Å². The van der Waals surface area contributed by atoms with Gasteiger partial charge in [0.05, 0.1) is 15.6 Å².